The van der Waals surface area contributed by atoms with Gasteiger partial charge in [0.25, 0.3) is 0 Å². The largest absolute Gasteiger partial charge is 0.342 e. The average Bonchev–Trinajstić information content (AvgIpc) is 2.42. The first kappa shape index (κ1) is 8.30. The van der Waals surface area contributed by atoms with Crippen LogP contribution in [0.15, 0.2) is 6.07 Å². The van der Waals surface area contributed by atoms with Crippen molar-refractivity contribution in [1.82, 2.24) is 9.97 Å². The molecule has 2 nitrogen and oxygen atoms in total. The lowest BCUT2D eigenvalue weighted by Crippen LogP contribution is -1.87. The van der Waals surface area contributed by atoms with Crippen molar-refractivity contribution in [3.05, 3.63) is 28.6 Å². The molecule has 2 heteroatoms. The van der Waals surface area contributed by atoms with Crippen LogP contribution in [-0.4, -0.2) is 9.97 Å². The summed E-state index contributed by atoms with van der Waals surface area (Å²) < 4.78 is 0. The maximum atomic E-state index is 4.46. The van der Waals surface area contributed by atoms with E-state index in [9.17, 15) is 0 Å². The van der Waals surface area contributed by atoms with Gasteiger partial charge in [-0.15, -0.1) is 0 Å². The van der Waals surface area contributed by atoms with Gasteiger partial charge in [0.1, 0.15) is 5.82 Å². The van der Waals surface area contributed by atoms with Crippen molar-refractivity contribution in [1.29, 1.82) is 0 Å². The van der Waals surface area contributed by atoms with E-state index in [0.29, 0.717) is 0 Å². The molecular formula is C11H14N2. The summed E-state index contributed by atoms with van der Waals surface area (Å²) in [5, 5.41) is 0. The third-order valence-corrected chi connectivity index (χ3v) is 2.72. The zero-order valence-electron chi connectivity index (χ0n) is 8.52. The zero-order chi connectivity index (χ0) is 9.59. The highest BCUT2D eigenvalue weighted by Crippen LogP contribution is 2.22. The zero-order valence-corrected chi connectivity index (χ0v) is 8.52. The van der Waals surface area contributed by atoms with Crippen LogP contribution in [-0.2, 0) is 0 Å². The highest BCUT2D eigenvalue weighted by atomic mass is 14.9. The molecule has 0 saturated heterocycles. The Morgan fingerprint density at radius 2 is 1.77 bits per heavy atom. The van der Waals surface area contributed by atoms with Crippen LogP contribution in [0.25, 0.3) is 11.0 Å². The van der Waals surface area contributed by atoms with Gasteiger partial charge in [-0.3, -0.25) is 0 Å². The van der Waals surface area contributed by atoms with Gasteiger partial charge in [-0.05, 0) is 50.5 Å². The molecule has 0 unspecified atom stereocenters. The topological polar surface area (TPSA) is 28.7 Å². The minimum Gasteiger partial charge on any atom is -0.342 e. The standard InChI is InChI=1S/C11H14N2/c1-6-5-10-11(8(3)7(6)2)13-9(4)12-10/h5H,1-4H3,(H,12,13). The molecule has 1 heterocycles. The lowest BCUT2D eigenvalue weighted by atomic mass is 10.0. The molecular weight excluding hydrogens is 160 g/mol. The summed E-state index contributed by atoms with van der Waals surface area (Å²) in [5.74, 6) is 0.989. The number of nitrogens with zero attached hydrogens (tertiary/aromatic N) is 1. The first-order chi connectivity index (χ1) is 6.09. The molecule has 1 aromatic heterocycles. The smallest absolute Gasteiger partial charge is 0.104 e. The fourth-order valence-corrected chi connectivity index (χ4v) is 1.70. The van der Waals surface area contributed by atoms with Crippen molar-refractivity contribution in [2.45, 2.75) is 27.7 Å². The molecule has 0 aliphatic heterocycles. The van der Waals surface area contributed by atoms with Gasteiger partial charge in [0, 0.05) is 0 Å². The number of imidazole rings is 1. The van der Waals surface area contributed by atoms with Crippen LogP contribution in [0.4, 0.5) is 0 Å². The Labute approximate surface area is 78.0 Å². The van der Waals surface area contributed by atoms with E-state index in [1.165, 1.54) is 16.7 Å². The SMILES string of the molecule is Cc1nc2c(C)c(C)c(C)cc2[nH]1. The highest BCUT2D eigenvalue weighted by Gasteiger charge is 2.06. The summed E-state index contributed by atoms with van der Waals surface area (Å²) >= 11 is 0. The fraction of sp³-hybridized carbons (Fsp3) is 0.364. The number of aryl methyl sites for hydroxylation is 3. The predicted octanol–water partition coefficient (Wildman–Crippen LogP) is 2.80. The van der Waals surface area contributed by atoms with Crippen LogP contribution in [0.2, 0.25) is 0 Å². The van der Waals surface area contributed by atoms with Gasteiger partial charge in [-0.25, -0.2) is 4.98 Å². The van der Waals surface area contributed by atoms with Crippen molar-refractivity contribution >= 4 is 11.0 Å². The normalized spacial score (nSPS) is 11.1. The molecule has 0 bridgehead atoms. The number of rotatable bonds is 0. The van der Waals surface area contributed by atoms with E-state index in [-0.39, 0.29) is 0 Å². The van der Waals surface area contributed by atoms with E-state index < -0.39 is 0 Å². The van der Waals surface area contributed by atoms with Crippen LogP contribution in [0.1, 0.15) is 22.5 Å². The van der Waals surface area contributed by atoms with E-state index in [1.807, 2.05) is 6.92 Å². The average molecular weight is 174 g/mol. The molecule has 0 radical (unpaired) electrons. The molecule has 2 aromatic rings. The Morgan fingerprint density at radius 3 is 2.46 bits per heavy atom. The molecule has 0 fully saturated rings. The van der Waals surface area contributed by atoms with Gasteiger partial charge in [0.2, 0.25) is 0 Å². The number of hydrogen-bond acceptors (Lipinski definition) is 1. The third kappa shape index (κ3) is 1.13. The summed E-state index contributed by atoms with van der Waals surface area (Å²) in [6, 6.07) is 2.16. The van der Waals surface area contributed by atoms with Crippen LogP contribution >= 0.6 is 0 Å². The second-order valence-electron chi connectivity index (χ2n) is 3.66. The van der Waals surface area contributed by atoms with E-state index in [0.717, 1.165) is 16.9 Å². The number of benzene rings is 1. The van der Waals surface area contributed by atoms with Crippen molar-refractivity contribution in [3.8, 4) is 0 Å². The predicted molar refractivity (Wildman–Crippen MR) is 55.0 cm³/mol. The third-order valence-electron chi connectivity index (χ3n) is 2.72. The highest BCUT2D eigenvalue weighted by molar-refractivity contribution is 5.81. The molecule has 0 aliphatic rings. The van der Waals surface area contributed by atoms with Crippen molar-refractivity contribution in [2.75, 3.05) is 0 Å². The van der Waals surface area contributed by atoms with Gasteiger partial charge < -0.3 is 4.98 Å². The van der Waals surface area contributed by atoms with Crippen molar-refractivity contribution in [2.24, 2.45) is 0 Å². The Kier molecular flexibility index (Phi) is 1.65. The minimum atomic E-state index is 0.989. The molecule has 0 atom stereocenters. The first-order valence-electron chi connectivity index (χ1n) is 4.52. The second kappa shape index (κ2) is 2.59. The van der Waals surface area contributed by atoms with Gasteiger partial charge in [-0.2, -0.15) is 0 Å². The molecule has 68 valence electrons. The monoisotopic (exact) mass is 174 g/mol. The van der Waals surface area contributed by atoms with Gasteiger partial charge in [0.05, 0.1) is 11.0 Å². The van der Waals surface area contributed by atoms with Crippen LogP contribution in [0.3, 0.4) is 0 Å². The molecule has 2 rings (SSSR count). The summed E-state index contributed by atoms with van der Waals surface area (Å²) in [6.07, 6.45) is 0. The number of nitrogens with one attached hydrogen (secondary N) is 1. The van der Waals surface area contributed by atoms with E-state index in [2.05, 4.69) is 36.8 Å². The first-order valence-corrected chi connectivity index (χ1v) is 4.52. The summed E-state index contributed by atoms with van der Waals surface area (Å²) in [6.45, 7) is 8.40. The maximum absolute atomic E-state index is 4.46. The summed E-state index contributed by atoms with van der Waals surface area (Å²) in [7, 11) is 0. The minimum absolute atomic E-state index is 0.989. The number of hydrogen-bond donors (Lipinski definition) is 1. The van der Waals surface area contributed by atoms with Crippen molar-refractivity contribution in [3.63, 3.8) is 0 Å². The quantitative estimate of drug-likeness (QED) is 0.653. The molecule has 0 aliphatic carbocycles. The fourth-order valence-electron chi connectivity index (χ4n) is 1.70. The van der Waals surface area contributed by atoms with E-state index >= 15 is 0 Å². The Hall–Kier alpha value is -1.31. The number of H-pyrrole nitrogens is 1. The number of aromatic amines is 1. The Morgan fingerprint density at radius 1 is 1.08 bits per heavy atom. The Balaban J connectivity index is 2.92. The molecule has 0 saturated carbocycles. The summed E-state index contributed by atoms with van der Waals surface area (Å²) in [5.41, 5.74) is 6.23. The molecule has 13 heavy (non-hydrogen) atoms. The van der Waals surface area contributed by atoms with Crippen LogP contribution in [0, 0.1) is 27.7 Å². The Bertz CT molecular complexity index is 466. The maximum Gasteiger partial charge on any atom is 0.104 e. The lowest BCUT2D eigenvalue weighted by Gasteiger charge is -2.04. The van der Waals surface area contributed by atoms with Crippen LogP contribution < -0.4 is 0 Å². The number of fused-ring (bicyclic) bond motifs is 1. The van der Waals surface area contributed by atoms with Gasteiger partial charge >= 0.3 is 0 Å². The lowest BCUT2D eigenvalue weighted by molar-refractivity contribution is 1.17. The van der Waals surface area contributed by atoms with Gasteiger partial charge in [-0.1, -0.05) is 0 Å². The van der Waals surface area contributed by atoms with Crippen LogP contribution in [0.5, 0.6) is 0 Å². The number of aromatic nitrogens is 2. The summed E-state index contributed by atoms with van der Waals surface area (Å²) in [4.78, 5) is 7.72. The van der Waals surface area contributed by atoms with Gasteiger partial charge in [0.15, 0.2) is 0 Å². The molecule has 0 spiro atoms. The van der Waals surface area contributed by atoms with E-state index in [1.54, 1.807) is 0 Å². The van der Waals surface area contributed by atoms with E-state index in [4.69, 9.17) is 0 Å². The molecule has 1 aromatic carbocycles. The van der Waals surface area contributed by atoms with Crippen molar-refractivity contribution < 1.29 is 0 Å². The second-order valence-corrected chi connectivity index (χ2v) is 3.66. The molecule has 0 amide bonds. The molecule has 1 N–H and O–H groups in total.